The predicted octanol–water partition coefficient (Wildman–Crippen LogP) is 2.72. The maximum absolute atomic E-state index is 12.4. The lowest BCUT2D eigenvalue weighted by Crippen LogP contribution is -2.49. The van der Waals surface area contributed by atoms with Crippen LogP contribution in [0.2, 0.25) is 0 Å². The van der Waals surface area contributed by atoms with E-state index in [0.29, 0.717) is 24.9 Å². The number of piperidine rings is 1. The number of nitrogens with zero attached hydrogens (tertiary/aromatic N) is 2. The van der Waals surface area contributed by atoms with Crippen molar-refractivity contribution in [2.45, 2.75) is 33.7 Å². The molecule has 0 bridgehead atoms. The zero-order chi connectivity index (χ0) is 17.5. The van der Waals surface area contributed by atoms with Crippen LogP contribution in [0.5, 0.6) is 0 Å². The Morgan fingerprint density at radius 3 is 2.38 bits per heavy atom. The van der Waals surface area contributed by atoms with E-state index in [1.807, 2.05) is 42.2 Å². The topological polar surface area (TPSA) is 52.7 Å². The van der Waals surface area contributed by atoms with E-state index in [-0.39, 0.29) is 18.5 Å². The fourth-order valence-electron chi connectivity index (χ4n) is 3.38. The highest BCUT2D eigenvalue weighted by Crippen LogP contribution is 2.20. The fourth-order valence-corrected chi connectivity index (χ4v) is 3.38. The number of carbonyl (C=O) groups is 2. The molecular weight excluding hydrogens is 302 g/mol. The molecule has 1 aliphatic rings. The third kappa shape index (κ3) is 5.25. The number of hydrogen-bond donors (Lipinski definition) is 1. The van der Waals surface area contributed by atoms with Crippen LogP contribution in [-0.2, 0) is 11.3 Å². The number of hydrogen-bond acceptors (Lipinski definition) is 2. The van der Waals surface area contributed by atoms with Crippen LogP contribution in [-0.4, -0.2) is 47.9 Å². The third-order valence-electron chi connectivity index (χ3n) is 4.50. The monoisotopic (exact) mass is 331 g/mol. The van der Waals surface area contributed by atoms with Crippen LogP contribution < -0.4 is 5.32 Å². The van der Waals surface area contributed by atoms with Crippen LogP contribution in [0, 0.1) is 11.8 Å². The summed E-state index contributed by atoms with van der Waals surface area (Å²) in [6, 6.07) is 9.78. The molecule has 132 valence electrons. The van der Waals surface area contributed by atoms with Crippen LogP contribution in [0.1, 0.15) is 32.8 Å². The van der Waals surface area contributed by atoms with Crippen molar-refractivity contribution in [3.8, 4) is 0 Å². The molecule has 0 aromatic heterocycles. The van der Waals surface area contributed by atoms with E-state index < -0.39 is 0 Å². The summed E-state index contributed by atoms with van der Waals surface area (Å²) in [5.74, 6) is 0.980. The molecule has 2 atom stereocenters. The number of benzene rings is 1. The summed E-state index contributed by atoms with van der Waals surface area (Å²) in [6.45, 7) is 9.08. The molecule has 1 heterocycles. The average molecular weight is 331 g/mol. The second kappa shape index (κ2) is 8.71. The van der Waals surface area contributed by atoms with Gasteiger partial charge in [0.1, 0.15) is 0 Å². The van der Waals surface area contributed by atoms with E-state index in [9.17, 15) is 9.59 Å². The number of urea groups is 1. The minimum absolute atomic E-state index is 0.0483. The summed E-state index contributed by atoms with van der Waals surface area (Å²) in [5.41, 5.74) is 1.10. The number of carbonyl (C=O) groups excluding carboxylic acids is 2. The molecule has 2 rings (SSSR count). The lowest BCUT2D eigenvalue weighted by atomic mass is 9.92. The quantitative estimate of drug-likeness (QED) is 0.902. The number of nitrogens with one attached hydrogen (secondary N) is 1. The Balaban J connectivity index is 1.83. The van der Waals surface area contributed by atoms with Crippen LogP contribution in [0.25, 0.3) is 0 Å². The molecule has 2 unspecified atom stereocenters. The Morgan fingerprint density at radius 1 is 1.17 bits per heavy atom. The van der Waals surface area contributed by atoms with Crippen molar-refractivity contribution < 1.29 is 9.59 Å². The zero-order valence-corrected chi connectivity index (χ0v) is 15.0. The van der Waals surface area contributed by atoms with Crippen LogP contribution in [0.4, 0.5) is 4.79 Å². The molecule has 0 aliphatic carbocycles. The Kier molecular flexibility index (Phi) is 6.64. The molecule has 0 radical (unpaired) electrons. The van der Waals surface area contributed by atoms with Crippen molar-refractivity contribution in [3.63, 3.8) is 0 Å². The molecule has 0 saturated carbocycles. The van der Waals surface area contributed by atoms with Crippen molar-refractivity contribution in [1.82, 2.24) is 15.1 Å². The van der Waals surface area contributed by atoms with E-state index >= 15 is 0 Å². The minimum Gasteiger partial charge on any atom is -0.337 e. The Bertz CT molecular complexity index is 537. The maximum Gasteiger partial charge on any atom is 0.317 e. The average Bonchev–Trinajstić information content (AvgIpc) is 2.57. The highest BCUT2D eigenvalue weighted by molar-refractivity contribution is 5.84. The van der Waals surface area contributed by atoms with Gasteiger partial charge in [0.15, 0.2) is 0 Å². The molecular formula is C19H29N3O2. The summed E-state index contributed by atoms with van der Waals surface area (Å²) >= 11 is 0. The van der Waals surface area contributed by atoms with Gasteiger partial charge in [0, 0.05) is 26.2 Å². The van der Waals surface area contributed by atoms with Crippen LogP contribution in [0.3, 0.4) is 0 Å². The smallest absolute Gasteiger partial charge is 0.317 e. The summed E-state index contributed by atoms with van der Waals surface area (Å²) in [7, 11) is 0. The van der Waals surface area contributed by atoms with Crippen molar-refractivity contribution >= 4 is 11.9 Å². The van der Waals surface area contributed by atoms with Gasteiger partial charge in [-0.3, -0.25) is 4.79 Å². The highest BCUT2D eigenvalue weighted by Gasteiger charge is 2.25. The van der Waals surface area contributed by atoms with Gasteiger partial charge < -0.3 is 15.1 Å². The van der Waals surface area contributed by atoms with E-state index in [1.165, 1.54) is 0 Å². The highest BCUT2D eigenvalue weighted by atomic mass is 16.2. The van der Waals surface area contributed by atoms with Gasteiger partial charge in [-0.15, -0.1) is 0 Å². The Hall–Kier alpha value is -2.04. The first-order chi connectivity index (χ1) is 11.5. The molecule has 0 spiro atoms. The van der Waals surface area contributed by atoms with Gasteiger partial charge in [0.25, 0.3) is 0 Å². The molecule has 24 heavy (non-hydrogen) atoms. The SMILES string of the molecule is CCN(Cc1ccccc1)C(=O)CNC(=O)N1CC(C)CC(C)C1. The standard InChI is InChI=1S/C19H29N3O2/c1-4-21(14-17-8-6-5-7-9-17)18(23)11-20-19(24)22-12-15(2)10-16(3)13-22/h5-9,15-16H,4,10-14H2,1-3H3,(H,20,24). The Labute approximate surface area is 145 Å². The third-order valence-corrected chi connectivity index (χ3v) is 4.50. The summed E-state index contributed by atoms with van der Waals surface area (Å²) in [4.78, 5) is 28.3. The lowest BCUT2D eigenvalue weighted by Gasteiger charge is -2.35. The van der Waals surface area contributed by atoms with Crippen LogP contribution in [0.15, 0.2) is 30.3 Å². The molecule has 1 aliphatic heterocycles. The van der Waals surface area contributed by atoms with Crippen molar-refractivity contribution in [2.75, 3.05) is 26.2 Å². The molecule has 5 nitrogen and oxygen atoms in total. The molecule has 1 saturated heterocycles. The number of amides is 3. The molecule has 5 heteroatoms. The molecule has 1 aromatic carbocycles. The van der Waals surface area contributed by atoms with E-state index in [4.69, 9.17) is 0 Å². The first-order valence-electron chi connectivity index (χ1n) is 8.84. The second-order valence-corrected chi connectivity index (χ2v) is 6.90. The van der Waals surface area contributed by atoms with Gasteiger partial charge in [-0.2, -0.15) is 0 Å². The minimum atomic E-state index is -0.127. The molecule has 1 fully saturated rings. The van der Waals surface area contributed by atoms with Crippen molar-refractivity contribution in [1.29, 1.82) is 0 Å². The van der Waals surface area contributed by atoms with Crippen molar-refractivity contribution in [2.24, 2.45) is 11.8 Å². The maximum atomic E-state index is 12.4. The summed E-state index contributed by atoms with van der Waals surface area (Å²) in [5, 5.41) is 2.79. The van der Waals surface area contributed by atoms with Gasteiger partial charge in [-0.1, -0.05) is 44.2 Å². The first-order valence-corrected chi connectivity index (χ1v) is 8.84. The zero-order valence-electron chi connectivity index (χ0n) is 15.0. The Morgan fingerprint density at radius 2 is 1.79 bits per heavy atom. The lowest BCUT2D eigenvalue weighted by molar-refractivity contribution is -0.130. The van der Waals surface area contributed by atoms with Gasteiger partial charge >= 0.3 is 6.03 Å². The van der Waals surface area contributed by atoms with Gasteiger partial charge in [-0.25, -0.2) is 4.79 Å². The molecule has 1 N–H and O–H groups in total. The van der Waals surface area contributed by atoms with Gasteiger partial charge in [0.05, 0.1) is 6.54 Å². The molecule has 1 aromatic rings. The number of rotatable bonds is 5. The summed E-state index contributed by atoms with van der Waals surface area (Å²) < 4.78 is 0. The molecule has 3 amide bonds. The van der Waals surface area contributed by atoms with Crippen LogP contribution >= 0.6 is 0 Å². The summed E-state index contributed by atoms with van der Waals surface area (Å²) in [6.07, 6.45) is 1.16. The van der Waals surface area contributed by atoms with E-state index in [0.717, 1.165) is 25.1 Å². The normalized spacial score (nSPS) is 20.5. The number of likely N-dealkylation sites (N-methyl/N-ethyl adjacent to an activating group) is 1. The van der Waals surface area contributed by atoms with Gasteiger partial charge in [0.2, 0.25) is 5.91 Å². The van der Waals surface area contributed by atoms with E-state index in [2.05, 4.69) is 19.2 Å². The largest absolute Gasteiger partial charge is 0.337 e. The fraction of sp³-hybridized carbons (Fsp3) is 0.579. The first kappa shape index (κ1) is 18.3. The van der Waals surface area contributed by atoms with E-state index in [1.54, 1.807) is 4.90 Å². The number of likely N-dealkylation sites (tertiary alicyclic amines) is 1. The van der Waals surface area contributed by atoms with Gasteiger partial charge in [-0.05, 0) is 30.7 Å². The second-order valence-electron chi connectivity index (χ2n) is 6.90. The predicted molar refractivity (Wildman–Crippen MR) is 95.4 cm³/mol. The van der Waals surface area contributed by atoms with Crippen molar-refractivity contribution in [3.05, 3.63) is 35.9 Å².